The Hall–Kier alpha value is -1.83. The van der Waals surface area contributed by atoms with Crippen molar-refractivity contribution in [2.45, 2.75) is 26.3 Å². The normalized spacial score (nSPS) is 12.2. The summed E-state index contributed by atoms with van der Waals surface area (Å²) in [5, 5.41) is 3.47. The van der Waals surface area contributed by atoms with E-state index in [2.05, 4.69) is 24.4 Å². The summed E-state index contributed by atoms with van der Waals surface area (Å²) >= 11 is 0. The lowest BCUT2D eigenvalue weighted by Gasteiger charge is -2.20. The van der Waals surface area contributed by atoms with Gasteiger partial charge in [0.2, 0.25) is 0 Å². The molecule has 1 atom stereocenters. The number of anilines is 1. The summed E-state index contributed by atoms with van der Waals surface area (Å²) in [4.78, 5) is 0. The molecule has 2 heteroatoms. The third kappa shape index (κ3) is 2.89. The molecule has 2 rings (SSSR count). The minimum Gasteiger partial charge on any atom is -0.378 e. The van der Waals surface area contributed by atoms with E-state index in [0.29, 0.717) is 0 Å². The second kappa shape index (κ2) is 5.67. The van der Waals surface area contributed by atoms with Crippen LogP contribution in [0.15, 0.2) is 48.5 Å². The summed E-state index contributed by atoms with van der Waals surface area (Å²) in [6.45, 7) is 4.06. The van der Waals surface area contributed by atoms with Crippen LogP contribution in [0.2, 0.25) is 0 Å². The van der Waals surface area contributed by atoms with Crippen molar-refractivity contribution in [3.05, 3.63) is 65.5 Å². The van der Waals surface area contributed by atoms with Gasteiger partial charge in [-0.2, -0.15) is 0 Å². The number of hydrogen-bond acceptors (Lipinski definition) is 1. The van der Waals surface area contributed by atoms with E-state index < -0.39 is 0 Å². The van der Waals surface area contributed by atoms with Crippen molar-refractivity contribution in [3.8, 4) is 0 Å². The Bertz CT molecular complexity index is 508. The standard InChI is InChI=1S/C16H18FN/c1-3-15(13-7-5-4-6-8-13)18-16-10-9-14(17)11-12(16)2/h4-11,15,18H,3H2,1-2H3. The first-order chi connectivity index (χ1) is 8.70. The minimum atomic E-state index is -0.189. The molecule has 1 unspecified atom stereocenters. The summed E-state index contributed by atoms with van der Waals surface area (Å²) in [7, 11) is 0. The monoisotopic (exact) mass is 243 g/mol. The third-order valence-electron chi connectivity index (χ3n) is 3.13. The number of halogens is 1. The molecule has 0 aliphatic carbocycles. The molecule has 0 fully saturated rings. The number of benzene rings is 2. The lowest BCUT2D eigenvalue weighted by atomic mass is 10.0. The fourth-order valence-corrected chi connectivity index (χ4v) is 2.08. The van der Waals surface area contributed by atoms with Gasteiger partial charge in [-0.1, -0.05) is 37.3 Å². The maximum atomic E-state index is 13.1. The van der Waals surface area contributed by atoms with Crippen LogP contribution < -0.4 is 5.32 Å². The lowest BCUT2D eigenvalue weighted by Crippen LogP contribution is -2.10. The van der Waals surface area contributed by atoms with Gasteiger partial charge in [0, 0.05) is 5.69 Å². The van der Waals surface area contributed by atoms with Crippen molar-refractivity contribution in [2.24, 2.45) is 0 Å². The topological polar surface area (TPSA) is 12.0 Å². The van der Waals surface area contributed by atoms with Crippen LogP contribution in [0.25, 0.3) is 0 Å². The Morgan fingerprint density at radius 1 is 1.11 bits per heavy atom. The van der Waals surface area contributed by atoms with Crippen LogP contribution in [0, 0.1) is 12.7 Å². The summed E-state index contributed by atoms with van der Waals surface area (Å²) in [6.07, 6.45) is 0.987. The van der Waals surface area contributed by atoms with Gasteiger partial charge in [0.25, 0.3) is 0 Å². The first kappa shape index (κ1) is 12.6. The Balaban J connectivity index is 2.21. The van der Waals surface area contributed by atoms with Crippen molar-refractivity contribution in [1.29, 1.82) is 0 Å². The average molecular weight is 243 g/mol. The minimum absolute atomic E-state index is 0.189. The Labute approximate surface area is 108 Å². The molecule has 0 bridgehead atoms. The molecule has 0 heterocycles. The molecule has 0 amide bonds. The van der Waals surface area contributed by atoms with E-state index in [4.69, 9.17) is 0 Å². The fraction of sp³-hybridized carbons (Fsp3) is 0.250. The summed E-state index contributed by atoms with van der Waals surface area (Å²) in [6, 6.07) is 15.4. The number of aryl methyl sites for hydroxylation is 1. The van der Waals surface area contributed by atoms with Crippen molar-refractivity contribution in [3.63, 3.8) is 0 Å². The number of rotatable bonds is 4. The molecule has 0 aliphatic heterocycles. The number of nitrogens with one attached hydrogen (secondary N) is 1. The highest BCUT2D eigenvalue weighted by atomic mass is 19.1. The second-order valence-electron chi connectivity index (χ2n) is 4.48. The highest BCUT2D eigenvalue weighted by Crippen LogP contribution is 2.24. The van der Waals surface area contributed by atoms with E-state index in [0.717, 1.165) is 17.7 Å². The smallest absolute Gasteiger partial charge is 0.123 e. The summed E-state index contributed by atoms with van der Waals surface area (Å²) < 4.78 is 13.1. The van der Waals surface area contributed by atoms with Crippen LogP contribution in [0.4, 0.5) is 10.1 Å². The molecule has 94 valence electrons. The molecule has 0 radical (unpaired) electrons. The van der Waals surface area contributed by atoms with Crippen LogP contribution in [-0.4, -0.2) is 0 Å². The zero-order valence-electron chi connectivity index (χ0n) is 10.8. The quantitative estimate of drug-likeness (QED) is 0.821. The van der Waals surface area contributed by atoms with Crippen molar-refractivity contribution < 1.29 is 4.39 Å². The molecule has 2 aromatic rings. The third-order valence-corrected chi connectivity index (χ3v) is 3.13. The van der Waals surface area contributed by atoms with Gasteiger partial charge in [0.05, 0.1) is 6.04 Å². The van der Waals surface area contributed by atoms with Gasteiger partial charge in [0.15, 0.2) is 0 Å². The molecule has 0 saturated carbocycles. The van der Waals surface area contributed by atoms with Crippen molar-refractivity contribution in [2.75, 3.05) is 5.32 Å². The molecule has 0 saturated heterocycles. The number of hydrogen-bond donors (Lipinski definition) is 1. The molecule has 18 heavy (non-hydrogen) atoms. The maximum absolute atomic E-state index is 13.1. The van der Waals surface area contributed by atoms with Gasteiger partial charge in [-0.05, 0) is 42.7 Å². The van der Waals surface area contributed by atoms with E-state index in [9.17, 15) is 4.39 Å². The van der Waals surface area contributed by atoms with Gasteiger partial charge in [0.1, 0.15) is 5.82 Å². The van der Waals surface area contributed by atoms with Crippen LogP contribution in [0.3, 0.4) is 0 Å². The fourth-order valence-electron chi connectivity index (χ4n) is 2.08. The Kier molecular flexibility index (Phi) is 3.98. The largest absolute Gasteiger partial charge is 0.378 e. The van der Waals surface area contributed by atoms with E-state index >= 15 is 0 Å². The van der Waals surface area contributed by atoms with Gasteiger partial charge >= 0.3 is 0 Å². The second-order valence-corrected chi connectivity index (χ2v) is 4.48. The lowest BCUT2D eigenvalue weighted by molar-refractivity contribution is 0.626. The molecule has 1 nitrogen and oxygen atoms in total. The first-order valence-corrected chi connectivity index (χ1v) is 6.28. The maximum Gasteiger partial charge on any atom is 0.123 e. The molecule has 1 N–H and O–H groups in total. The first-order valence-electron chi connectivity index (χ1n) is 6.28. The van der Waals surface area contributed by atoms with Gasteiger partial charge in [-0.15, -0.1) is 0 Å². The average Bonchev–Trinajstić information content (AvgIpc) is 2.39. The highest BCUT2D eigenvalue weighted by Gasteiger charge is 2.09. The summed E-state index contributed by atoms with van der Waals surface area (Å²) in [5.74, 6) is -0.189. The van der Waals surface area contributed by atoms with E-state index in [1.54, 1.807) is 12.1 Å². The van der Waals surface area contributed by atoms with Gasteiger partial charge in [-0.25, -0.2) is 4.39 Å². The SMILES string of the molecule is CCC(Nc1ccc(F)cc1C)c1ccccc1. The zero-order chi connectivity index (χ0) is 13.0. The zero-order valence-corrected chi connectivity index (χ0v) is 10.8. The van der Waals surface area contributed by atoms with Gasteiger partial charge < -0.3 is 5.32 Å². The van der Waals surface area contributed by atoms with Gasteiger partial charge in [-0.3, -0.25) is 0 Å². The highest BCUT2D eigenvalue weighted by molar-refractivity contribution is 5.52. The van der Waals surface area contributed by atoms with Crippen molar-refractivity contribution >= 4 is 5.69 Å². The van der Waals surface area contributed by atoms with Crippen LogP contribution in [-0.2, 0) is 0 Å². The predicted molar refractivity (Wildman–Crippen MR) is 74.2 cm³/mol. The molecule has 0 spiro atoms. The van der Waals surface area contributed by atoms with Crippen LogP contribution in [0.1, 0.15) is 30.5 Å². The van der Waals surface area contributed by atoms with E-state index in [1.807, 2.05) is 25.1 Å². The molecule has 0 aliphatic rings. The molecule has 0 aromatic heterocycles. The Morgan fingerprint density at radius 3 is 2.44 bits per heavy atom. The molecule has 2 aromatic carbocycles. The van der Waals surface area contributed by atoms with Crippen LogP contribution >= 0.6 is 0 Å². The molecular weight excluding hydrogens is 225 g/mol. The van der Waals surface area contributed by atoms with Crippen molar-refractivity contribution in [1.82, 2.24) is 0 Å². The Morgan fingerprint density at radius 2 is 1.83 bits per heavy atom. The van der Waals surface area contributed by atoms with E-state index in [1.165, 1.54) is 11.6 Å². The summed E-state index contributed by atoms with van der Waals surface area (Å²) in [5.41, 5.74) is 3.18. The van der Waals surface area contributed by atoms with Crippen LogP contribution in [0.5, 0.6) is 0 Å². The molecular formula is C16H18FN. The van der Waals surface area contributed by atoms with E-state index in [-0.39, 0.29) is 11.9 Å². The predicted octanol–water partition coefficient (Wildman–Crippen LogP) is 4.70.